The van der Waals surface area contributed by atoms with Crippen LogP contribution in [0.2, 0.25) is 0 Å². The average Bonchev–Trinajstić information content (AvgIpc) is 2.64. The Balaban J connectivity index is 2.24. The monoisotopic (exact) mass is 312 g/mol. The van der Waals surface area contributed by atoms with Gasteiger partial charge in [-0.25, -0.2) is 0 Å². The molecule has 0 fully saturated rings. The van der Waals surface area contributed by atoms with Crippen molar-refractivity contribution in [3.8, 4) is 18.2 Å². The van der Waals surface area contributed by atoms with E-state index in [0.29, 0.717) is 24.1 Å². The normalized spacial score (nSPS) is 10.3. The van der Waals surface area contributed by atoms with E-state index in [2.05, 4.69) is 18.2 Å². The summed E-state index contributed by atoms with van der Waals surface area (Å²) >= 11 is 0. The summed E-state index contributed by atoms with van der Waals surface area (Å²) in [6.45, 7) is 0.677. The van der Waals surface area contributed by atoms with Crippen molar-refractivity contribution in [1.82, 2.24) is 0 Å². The van der Waals surface area contributed by atoms with E-state index in [-0.39, 0.29) is 0 Å². The van der Waals surface area contributed by atoms with Crippen LogP contribution in [0.5, 0.6) is 0 Å². The number of hydrogen-bond acceptors (Lipinski definition) is 4. The maximum absolute atomic E-state index is 9.40. The topological polar surface area (TPSA) is 74.6 Å². The third-order valence-electron chi connectivity index (χ3n) is 3.63. The van der Waals surface area contributed by atoms with Crippen LogP contribution in [0.4, 0.5) is 5.69 Å². The molecule has 0 radical (unpaired) electrons. The molecule has 4 heteroatoms. The summed E-state index contributed by atoms with van der Waals surface area (Å²) in [7, 11) is 1.94. The van der Waals surface area contributed by atoms with Crippen molar-refractivity contribution >= 4 is 17.3 Å². The van der Waals surface area contributed by atoms with Gasteiger partial charge in [0.15, 0.2) is 0 Å². The van der Waals surface area contributed by atoms with Gasteiger partial charge in [0.05, 0.1) is 35.8 Å². The van der Waals surface area contributed by atoms with E-state index in [1.165, 1.54) is 0 Å². The van der Waals surface area contributed by atoms with Crippen molar-refractivity contribution in [3.63, 3.8) is 0 Å². The molecule has 2 aromatic carbocycles. The van der Waals surface area contributed by atoms with Gasteiger partial charge in [-0.3, -0.25) is 0 Å². The van der Waals surface area contributed by atoms with Gasteiger partial charge in [-0.05, 0) is 41.5 Å². The molecule has 24 heavy (non-hydrogen) atoms. The highest BCUT2D eigenvalue weighted by molar-refractivity contribution is 5.90. The fourth-order valence-corrected chi connectivity index (χ4v) is 2.27. The lowest BCUT2D eigenvalue weighted by atomic mass is 10.0. The first-order valence-electron chi connectivity index (χ1n) is 7.48. The summed E-state index contributed by atoms with van der Waals surface area (Å²) in [5.74, 6) is 0. The highest BCUT2D eigenvalue weighted by atomic mass is 15.1. The third-order valence-corrected chi connectivity index (χ3v) is 3.63. The first-order valence-corrected chi connectivity index (χ1v) is 7.48. The van der Waals surface area contributed by atoms with E-state index in [0.717, 1.165) is 16.8 Å². The summed E-state index contributed by atoms with van der Waals surface area (Å²) in [4.78, 5) is 2.01. The summed E-state index contributed by atoms with van der Waals surface area (Å²) in [6.07, 6.45) is 2.28. The van der Waals surface area contributed by atoms with Crippen LogP contribution < -0.4 is 4.90 Å². The molecule has 0 amide bonds. The highest BCUT2D eigenvalue weighted by Gasteiger charge is 2.04. The van der Waals surface area contributed by atoms with Crippen LogP contribution in [0.15, 0.2) is 48.5 Å². The minimum Gasteiger partial charge on any atom is -0.374 e. The van der Waals surface area contributed by atoms with Gasteiger partial charge in [0, 0.05) is 19.3 Å². The molecular weight excluding hydrogens is 296 g/mol. The van der Waals surface area contributed by atoms with Crippen LogP contribution in [-0.2, 0) is 0 Å². The van der Waals surface area contributed by atoms with Crippen LogP contribution in [0.3, 0.4) is 0 Å². The number of anilines is 1. The minimum atomic E-state index is 0.478. The van der Waals surface area contributed by atoms with Gasteiger partial charge < -0.3 is 4.90 Å². The zero-order valence-corrected chi connectivity index (χ0v) is 13.4. The minimum absolute atomic E-state index is 0.478. The third kappa shape index (κ3) is 4.23. The van der Waals surface area contributed by atoms with E-state index >= 15 is 0 Å². The molecule has 0 heterocycles. The summed E-state index contributed by atoms with van der Waals surface area (Å²) in [6, 6.07) is 21.2. The first-order chi connectivity index (χ1) is 11.7. The van der Waals surface area contributed by atoms with Gasteiger partial charge in [0.2, 0.25) is 0 Å². The molecule has 0 aliphatic heterocycles. The predicted octanol–water partition coefficient (Wildman–Crippen LogP) is 3.97. The van der Waals surface area contributed by atoms with Crippen molar-refractivity contribution in [1.29, 1.82) is 15.8 Å². The molecule has 116 valence electrons. The highest BCUT2D eigenvalue weighted by Crippen LogP contribution is 2.21. The van der Waals surface area contributed by atoms with Crippen LogP contribution in [0.25, 0.3) is 11.6 Å². The Hall–Kier alpha value is -3.55. The van der Waals surface area contributed by atoms with Crippen molar-refractivity contribution in [2.75, 3.05) is 18.5 Å². The standard InChI is InChI=1S/C20H16N4/c1-24(11-3-10-21)20-8-6-16(7-9-20)12-19(15-23)18-5-2-4-17(13-18)14-22/h2,4-9,12-13H,3,11H2,1H3/b19-12+. The zero-order chi connectivity index (χ0) is 17.4. The van der Waals surface area contributed by atoms with E-state index in [1.54, 1.807) is 24.3 Å². The molecule has 0 aromatic heterocycles. The Bertz CT molecular complexity index is 858. The Morgan fingerprint density at radius 3 is 2.46 bits per heavy atom. The van der Waals surface area contributed by atoms with Gasteiger partial charge in [-0.15, -0.1) is 0 Å². The van der Waals surface area contributed by atoms with Crippen LogP contribution in [0.1, 0.15) is 23.1 Å². The summed E-state index contributed by atoms with van der Waals surface area (Å²) in [5, 5.41) is 27.0. The van der Waals surface area contributed by atoms with Gasteiger partial charge in [0.25, 0.3) is 0 Å². The average molecular weight is 312 g/mol. The fourth-order valence-electron chi connectivity index (χ4n) is 2.27. The molecule has 0 atom stereocenters. The van der Waals surface area contributed by atoms with Gasteiger partial charge in [-0.2, -0.15) is 15.8 Å². The lowest BCUT2D eigenvalue weighted by molar-refractivity contribution is 0.905. The maximum Gasteiger partial charge on any atom is 0.0998 e. The number of allylic oxidation sites excluding steroid dienone is 1. The molecule has 0 saturated carbocycles. The molecule has 0 N–H and O–H groups in total. The van der Waals surface area contributed by atoms with Crippen molar-refractivity contribution < 1.29 is 0 Å². The van der Waals surface area contributed by atoms with Crippen LogP contribution in [0, 0.1) is 34.0 Å². The lowest BCUT2D eigenvalue weighted by Gasteiger charge is -2.17. The van der Waals surface area contributed by atoms with E-state index in [4.69, 9.17) is 10.5 Å². The van der Waals surface area contributed by atoms with Crippen LogP contribution in [-0.4, -0.2) is 13.6 Å². The number of rotatable bonds is 5. The van der Waals surface area contributed by atoms with Gasteiger partial charge >= 0.3 is 0 Å². The number of nitrogens with zero attached hydrogens (tertiary/aromatic N) is 4. The Kier molecular flexibility index (Phi) is 5.73. The van der Waals surface area contributed by atoms with Gasteiger partial charge in [-0.1, -0.05) is 24.3 Å². The van der Waals surface area contributed by atoms with Gasteiger partial charge in [0.1, 0.15) is 0 Å². The number of benzene rings is 2. The molecular formula is C20H16N4. The molecule has 4 nitrogen and oxygen atoms in total. The second-order valence-electron chi connectivity index (χ2n) is 5.28. The lowest BCUT2D eigenvalue weighted by Crippen LogP contribution is -2.17. The van der Waals surface area contributed by atoms with Crippen LogP contribution >= 0.6 is 0 Å². The smallest absolute Gasteiger partial charge is 0.0998 e. The van der Waals surface area contributed by atoms with Crippen molar-refractivity contribution in [2.24, 2.45) is 0 Å². The SMILES string of the molecule is CN(CCC#N)c1ccc(/C=C(\C#N)c2cccc(C#N)c2)cc1. The largest absolute Gasteiger partial charge is 0.374 e. The number of nitriles is 3. The quantitative estimate of drug-likeness (QED) is 0.618. The molecule has 0 saturated heterocycles. The molecule has 0 unspecified atom stereocenters. The first kappa shape index (κ1) is 16.8. The fraction of sp³-hybridized carbons (Fsp3) is 0.150. The van der Waals surface area contributed by atoms with E-state index < -0.39 is 0 Å². The predicted molar refractivity (Wildman–Crippen MR) is 94.6 cm³/mol. The molecule has 0 aliphatic rings. The van der Waals surface area contributed by atoms with Crippen molar-refractivity contribution in [3.05, 3.63) is 65.2 Å². The second-order valence-corrected chi connectivity index (χ2v) is 5.28. The Labute approximate surface area is 142 Å². The molecule has 0 aliphatic carbocycles. The molecule has 0 spiro atoms. The summed E-state index contributed by atoms with van der Waals surface area (Å²) in [5.41, 5.74) is 3.70. The number of hydrogen-bond donors (Lipinski definition) is 0. The van der Waals surface area contributed by atoms with E-state index in [1.807, 2.05) is 42.3 Å². The zero-order valence-electron chi connectivity index (χ0n) is 13.4. The van der Waals surface area contributed by atoms with Crippen molar-refractivity contribution in [2.45, 2.75) is 6.42 Å². The Morgan fingerprint density at radius 1 is 1.08 bits per heavy atom. The molecule has 0 bridgehead atoms. The van der Waals surface area contributed by atoms with E-state index in [9.17, 15) is 5.26 Å². The summed E-state index contributed by atoms with van der Waals surface area (Å²) < 4.78 is 0. The second kappa shape index (κ2) is 8.18. The molecule has 2 aromatic rings. The maximum atomic E-state index is 9.40. The molecule has 2 rings (SSSR count). The Morgan fingerprint density at radius 2 is 1.83 bits per heavy atom.